The summed E-state index contributed by atoms with van der Waals surface area (Å²) in [6, 6.07) is -1.52. The normalized spacial score (nSPS) is 36.7. The van der Waals surface area contributed by atoms with Gasteiger partial charge in [-0.1, -0.05) is 27.7 Å². The second kappa shape index (κ2) is 8.22. The Kier molecular flexibility index (Phi) is 6.46. The van der Waals surface area contributed by atoms with Gasteiger partial charge in [-0.15, -0.1) is 0 Å². The van der Waals surface area contributed by atoms with Crippen molar-refractivity contribution in [3.05, 3.63) is 0 Å². The molecule has 0 aromatic heterocycles. The molecule has 2 amide bonds. The number of aliphatic hydroxyl groups is 1. The third-order valence-corrected chi connectivity index (χ3v) is 7.71. The molecule has 188 valence electrons. The molecule has 3 aliphatic rings. The second-order valence-electron chi connectivity index (χ2n) is 12.3. The number of hydrogen-bond donors (Lipinski definition) is 2. The summed E-state index contributed by atoms with van der Waals surface area (Å²) in [4.78, 5) is 42.2. The number of hydrogen-bond acceptors (Lipinski definition) is 6. The maximum absolute atomic E-state index is 13.9. The van der Waals surface area contributed by atoms with Gasteiger partial charge in [-0.05, 0) is 58.8 Å². The lowest BCUT2D eigenvalue weighted by molar-refractivity contribution is -0.162. The first-order valence-electron chi connectivity index (χ1n) is 12.2. The van der Waals surface area contributed by atoms with Crippen molar-refractivity contribution in [3.8, 4) is 0 Å². The lowest BCUT2D eigenvalue weighted by atomic mass is 9.62. The number of rotatable bonds is 7. The summed E-state index contributed by atoms with van der Waals surface area (Å²) in [5.41, 5.74) is -2.55. The molecule has 7 atom stereocenters. The monoisotopic (exact) mass is 466 g/mol. The minimum Gasteiger partial charge on any atom is -0.466 e. The molecule has 3 fully saturated rings. The van der Waals surface area contributed by atoms with Gasteiger partial charge in [-0.2, -0.15) is 0 Å². The summed E-state index contributed by atoms with van der Waals surface area (Å²) in [6.45, 7) is 17.5. The molecular formula is C25H42N2O6. The van der Waals surface area contributed by atoms with E-state index in [2.05, 4.69) is 26.1 Å². The predicted molar refractivity (Wildman–Crippen MR) is 123 cm³/mol. The third kappa shape index (κ3) is 4.07. The van der Waals surface area contributed by atoms with Gasteiger partial charge >= 0.3 is 5.97 Å². The van der Waals surface area contributed by atoms with Crippen LogP contribution in [-0.2, 0) is 23.9 Å². The Morgan fingerprint density at radius 2 is 1.91 bits per heavy atom. The van der Waals surface area contributed by atoms with Crippen molar-refractivity contribution in [1.82, 2.24) is 10.2 Å². The molecule has 3 heterocycles. The van der Waals surface area contributed by atoms with Crippen LogP contribution in [0.15, 0.2) is 0 Å². The van der Waals surface area contributed by atoms with Crippen molar-refractivity contribution in [3.63, 3.8) is 0 Å². The summed E-state index contributed by atoms with van der Waals surface area (Å²) >= 11 is 0. The summed E-state index contributed by atoms with van der Waals surface area (Å²) in [6.07, 6.45) is 1.22. The zero-order valence-electron chi connectivity index (χ0n) is 21.7. The Bertz CT molecular complexity index is 820. The average Bonchev–Trinajstić information content (AvgIpc) is 3.16. The molecule has 33 heavy (non-hydrogen) atoms. The van der Waals surface area contributed by atoms with Gasteiger partial charge in [-0.25, -0.2) is 0 Å². The van der Waals surface area contributed by atoms with E-state index in [1.165, 1.54) is 4.90 Å². The quantitative estimate of drug-likeness (QED) is 0.558. The smallest absolute Gasteiger partial charge is 0.312 e. The van der Waals surface area contributed by atoms with Gasteiger partial charge in [0.05, 0.1) is 30.8 Å². The number of carbonyl (C=O) groups excluding carboxylic acids is 3. The van der Waals surface area contributed by atoms with Crippen molar-refractivity contribution in [2.45, 2.75) is 104 Å². The number of nitrogens with zero attached hydrogens (tertiary/aromatic N) is 1. The standard InChI is InChI=1S/C25H42N2O6/c1-10-32-21(31)17-16-20(30)27(15(3)12-28)18(25(16)11-14(2)24(17,9)33-25)19(29)26-23(7,8)13-22(4,5)6/h14-18,28H,10-13H2,1-9H3,(H,26,29)/t14?,15-,16+,17+,18?,24-,25?/m1/s1. The van der Waals surface area contributed by atoms with Crippen molar-refractivity contribution in [2.75, 3.05) is 13.2 Å². The third-order valence-electron chi connectivity index (χ3n) is 7.71. The van der Waals surface area contributed by atoms with Gasteiger partial charge in [0.2, 0.25) is 11.8 Å². The molecule has 2 N–H and O–H groups in total. The molecule has 0 radical (unpaired) electrons. The average molecular weight is 467 g/mol. The molecule has 0 aromatic rings. The topological polar surface area (TPSA) is 105 Å². The van der Waals surface area contributed by atoms with E-state index in [1.807, 2.05) is 27.7 Å². The maximum atomic E-state index is 13.9. The van der Waals surface area contributed by atoms with Crippen LogP contribution in [0.25, 0.3) is 0 Å². The van der Waals surface area contributed by atoms with Crippen LogP contribution in [0.2, 0.25) is 0 Å². The number of likely N-dealkylation sites (tertiary alicyclic amines) is 1. The van der Waals surface area contributed by atoms with E-state index in [0.29, 0.717) is 6.42 Å². The lowest BCUT2D eigenvalue weighted by Gasteiger charge is -2.39. The van der Waals surface area contributed by atoms with Crippen LogP contribution in [0.1, 0.15) is 75.2 Å². The van der Waals surface area contributed by atoms with Crippen LogP contribution in [0.4, 0.5) is 0 Å². The van der Waals surface area contributed by atoms with Crippen LogP contribution in [-0.4, -0.2) is 69.8 Å². The molecule has 0 saturated carbocycles. The van der Waals surface area contributed by atoms with Crippen molar-refractivity contribution >= 4 is 17.8 Å². The van der Waals surface area contributed by atoms with Gasteiger partial charge in [0, 0.05) is 5.54 Å². The molecule has 8 nitrogen and oxygen atoms in total. The van der Waals surface area contributed by atoms with E-state index in [0.717, 1.165) is 6.42 Å². The fourth-order valence-electron chi connectivity index (χ4n) is 6.90. The zero-order valence-corrected chi connectivity index (χ0v) is 21.7. The van der Waals surface area contributed by atoms with Gasteiger partial charge in [0.15, 0.2) is 0 Å². The SMILES string of the molecule is CCOC(=O)[C@@H]1[C@H]2C(=O)N([C@H](C)CO)C(C(=O)NC(C)(C)CC(C)(C)C)C23CC(C)[C@@]1(C)O3. The van der Waals surface area contributed by atoms with E-state index >= 15 is 0 Å². The number of aliphatic hydroxyl groups excluding tert-OH is 1. The van der Waals surface area contributed by atoms with Crippen LogP contribution in [0, 0.1) is 23.2 Å². The zero-order chi connectivity index (χ0) is 25.1. The first-order valence-corrected chi connectivity index (χ1v) is 12.2. The van der Waals surface area contributed by atoms with Crippen molar-refractivity contribution in [2.24, 2.45) is 23.2 Å². The molecular weight excluding hydrogens is 424 g/mol. The highest BCUT2D eigenvalue weighted by Crippen LogP contribution is 2.65. The first kappa shape index (κ1) is 25.9. The molecule has 3 aliphatic heterocycles. The fourth-order valence-corrected chi connectivity index (χ4v) is 6.90. The Morgan fingerprint density at radius 3 is 2.42 bits per heavy atom. The Morgan fingerprint density at radius 1 is 1.30 bits per heavy atom. The second-order valence-corrected chi connectivity index (χ2v) is 12.3. The number of nitrogens with one attached hydrogen (secondary N) is 1. The van der Waals surface area contributed by atoms with E-state index in [1.54, 1.807) is 13.8 Å². The van der Waals surface area contributed by atoms with Crippen molar-refractivity contribution in [1.29, 1.82) is 0 Å². The molecule has 8 heteroatoms. The van der Waals surface area contributed by atoms with E-state index in [4.69, 9.17) is 9.47 Å². The first-order chi connectivity index (χ1) is 15.0. The van der Waals surface area contributed by atoms with E-state index in [9.17, 15) is 19.5 Å². The largest absolute Gasteiger partial charge is 0.466 e. The number of fused-ring (bicyclic) bond motifs is 1. The highest BCUT2D eigenvalue weighted by Gasteiger charge is 2.80. The van der Waals surface area contributed by atoms with E-state index < -0.39 is 46.6 Å². The van der Waals surface area contributed by atoms with E-state index in [-0.39, 0.29) is 36.4 Å². The molecule has 3 unspecified atom stereocenters. The highest BCUT2D eigenvalue weighted by molar-refractivity contribution is 5.99. The molecule has 2 bridgehead atoms. The molecule has 3 rings (SSSR count). The fraction of sp³-hybridized carbons (Fsp3) is 0.880. The Balaban J connectivity index is 2.06. The maximum Gasteiger partial charge on any atom is 0.312 e. The Labute approximate surface area is 197 Å². The summed E-state index contributed by atoms with van der Waals surface area (Å²) in [7, 11) is 0. The van der Waals surface area contributed by atoms with Crippen LogP contribution in [0.5, 0.6) is 0 Å². The van der Waals surface area contributed by atoms with Gasteiger partial charge in [0.25, 0.3) is 0 Å². The summed E-state index contributed by atoms with van der Waals surface area (Å²) in [5.74, 6) is -2.73. The summed E-state index contributed by atoms with van der Waals surface area (Å²) < 4.78 is 12.0. The van der Waals surface area contributed by atoms with Crippen LogP contribution < -0.4 is 5.32 Å². The number of esters is 1. The summed E-state index contributed by atoms with van der Waals surface area (Å²) in [5, 5.41) is 13.1. The lowest BCUT2D eigenvalue weighted by Crippen LogP contribution is -2.61. The predicted octanol–water partition coefficient (Wildman–Crippen LogP) is 2.27. The Hall–Kier alpha value is -1.67. The number of ether oxygens (including phenoxy) is 2. The van der Waals surface area contributed by atoms with Crippen LogP contribution in [0.3, 0.4) is 0 Å². The molecule has 0 aliphatic carbocycles. The number of amides is 2. The minimum atomic E-state index is -1.13. The molecule has 1 spiro atoms. The highest BCUT2D eigenvalue weighted by atomic mass is 16.6. The number of carbonyl (C=O) groups is 3. The van der Waals surface area contributed by atoms with Gasteiger partial charge < -0.3 is 24.8 Å². The molecule has 0 aromatic carbocycles. The van der Waals surface area contributed by atoms with Crippen molar-refractivity contribution < 1.29 is 29.0 Å². The van der Waals surface area contributed by atoms with Gasteiger partial charge in [0.1, 0.15) is 17.6 Å². The van der Waals surface area contributed by atoms with Crippen LogP contribution >= 0.6 is 0 Å². The molecule has 3 saturated heterocycles. The minimum absolute atomic E-state index is 0.0134. The van der Waals surface area contributed by atoms with Gasteiger partial charge in [-0.3, -0.25) is 14.4 Å².